The zero-order valence-electron chi connectivity index (χ0n) is 7.31. The van der Waals surface area contributed by atoms with Crippen molar-refractivity contribution in [3.05, 3.63) is 0 Å². The number of rotatable bonds is 3. The molecule has 0 aliphatic carbocycles. The van der Waals surface area contributed by atoms with Crippen LogP contribution in [-0.4, -0.2) is 49.5 Å². The summed E-state index contributed by atoms with van der Waals surface area (Å²) in [5, 5.41) is 11.8. The van der Waals surface area contributed by atoms with Gasteiger partial charge in [0.15, 0.2) is 6.10 Å². The summed E-state index contributed by atoms with van der Waals surface area (Å²) in [5.74, 6) is -1.25. The molecule has 1 aliphatic heterocycles. The van der Waals surface area contributed by atoms with E-state index in [4.69, 9.17) is 0 Å². The molecule has 6 heteroatoms. The lowest BCUT2D eigenvalue weighted by atomic mass is 10.2. The molecule has 0 aromatic heterocycles. The van der Waals surface area contributed by atoms with Crippen molar-refractivity contribution in [1.29, 1.82) is 0 Å². The zero-order chi connectivity index (χ0) is 10.0. The highest BCUT2D eigenvalue weighted by Gasteiger charge is 2.50. The molecular weight excluding hydrogens is 178 g/mol. The van der Waals surface area contributed by atoms with Gasteiger partial charge in [0.1, 0.15) is 6.04 Å². The third-order valence-corrected chi connectivity index (χ3v) is 1.86. The fourth-order valence-electron chi connectivity index (χ4n) is 1.03. The monoisotopic (exact) mass is 189 g/mol. The van der Waals surface area contributed by atoms with Crippen molar-refractivity contribution < 1.29 is 24.2 Å². The molecule has 1 fully saturated rings. The van der Waals surface area contributed by atoms with E-state index in [1.807, 2.05) is 0 Å². The summed E-state index contributed by atoms with van der Waals surface area (Å²) in [6.07, 6.45) is -1.31. The number of esters is 2. The van der Waals surface area contributed by atoms with Gasteiger partial charge in [-0.05, 0) is 0 Å². The first-order valence-corrected chi connectivity index (χ1v) is 3.71. The second-order valence-electron chi connectivity index (χ2n) is 2.66. The van der Waals surface area contributed by atoms with Gasteiger partial charge in [-0.2, -0.15) is 0 Å². The van der Waals surface area contributed by atoms with Crippen molar-refractivity contribution in [1.82, 2.24) is 5.32 Å². The highest BCUT2D eigenvalue weighted by atomic mass is 16.5. The Morgan fingerprint density at radius 2 is 2.00 bits per heavy atom. The maximum Gasteiger partial charge on any atom is 0.336 e. The number of nitrogens with one attached hydrogen (secondary N) is 1. The van der Waals surface area contributed by atoms with E-state index in [1.165, 1.54) is 14.2 Å². The first-order valence-electron chi connectivity index (χ1n) is 3.71. The Bertz CT molecular complexity index is 229. The molecule has 2 N–H and O–H groups in total. The minimum atomic E-state index is -1.31. The van der Waals surface area contributed by atoms with Gasteiger partial charge in [0, 0.05) is 0 Å². The number of ether oxygens (including phenoxy) is 2. The van der Waals surface area contributed by atoms with Crippen molar-refractivity contribution in [2.75, 3.05) is 14.2 Å². The zero-order valence-corrected chi connectivity index (χ0v) is 7.31. The van der Waals surface area contributed by atoms with E-state index in [0.29, 0.717) is 0 Å². The van der Waals surface area contributed by atoms with Crippen molar-refractivity contribution in [3.8, 4) is 0 Å². The molecule has 0 spiro atoms. The van der Waals surface area contributed by atoms with E-state index in [1.54, 1.807) is 0 Å². The SMILES string of the molecule is COC(=O)[C@@H](O)[C@@H]1N[C@@H]1C(=O)OC. The van der Waals surface area contributed by atoms with Crippen LogP contribution in [-0.2, 0) is 19.1 Å². The lowest BCUT2D eigenvalue weighted by molar-refractivity contribution is -0.150. The van der Waals surface area contributed by atoms with E-state index < -0.39 is 30.1 Å². The van der Waals surface area contributed by atoms with Crippen LogP contribution < -0.4 is 5.32 Å². The van der Waals surface area contributed by atoms with Crippen LogP contribution in [0.2, 0.25) is 0 Å². The fraction of sp³-hybridized carbons (Fsp3) is 0.714. The molecule has 1 aliphatic rings. The van der Waals surface area contributed by atoms with Crippen molar-refractivity contribution in [2.24, 2.45) is 0 Å². The van der Waals surface area contributed by atoms with Crippen LogP contribution in [0.25, 0.3) is 0 Å². The summed E-state index contributed by atoms with van der Waals surface area (Å²) >= 11 is 0. The first kappa shape index (κ1) is 9.94. The van der Waals surface area contributed by atoms with Gasteiger partial charge in [-0.1, -0.05) is 0 Å². The Kier molecular flexibility index (Phi) is 2.84. The van der Waals surface area contributed by atoms with Gasteiger partial charge in [-0.3, -0.25) is 10.1 Å². The van der Waals surface area contributed by atoms with Crippen molar-refractivity contribution >= 4 is 11.9 Å². The molecule has 74 valence electrons. The summed E-state index contributed by atoms with van der Waals surface area (Å²) in [7, 11) is 2.41. The van der Waals surface area contributed by atoms with E-state index in [9.17, 15) is 14.7 Å². The molecule has 0 amide bonds. The maximum atomic E-state index is 10.9. The van der Waals surface area contributed by atoms with Crippen LogP contribution in [0.15, 0.2) is 0 Å². The third-order valence-electron chi connectivity index (χ3n) is 1.86. The standard InChI is InChI=1S/C7H11NO5/c1-12-6(10)4-3(8-4)5(9)7(11)13-2/h3-5,8-9H,1-2H3/t3-,4+,5+/m1/s1. The number of aliphatic hydroxyl groups is 1. The minimum absolute atomic E-state index is 0.493. The number of hydrogen-bond acceptors (Lipinski definition) is 6. The topological polar surface area (TPSA) is 94.8 Å². The van der Waals surface area contributed by atoms with Gasteiger partial charge >= 0.3 is 11.9 Å². The molecule has 0 unspecified atom stereocenters. The Labute approximate surface area is 74.8 Å². The van der Waals surface area contributed by atoms with Crippen LogP contribution in [0.5, 0.6) is 0 Å². The first-order chi connectivity index (χ1) is 6.11. The molecule has 6 nitrogen and oxygen atoms in total. The van der Waals surface area contributed by atoms with Gasteiger partial charge < -0.3 is 14.6 Å². The summed E-state index contributed by atoms with van der Waals surface area (Å²) in [6.45, 7) is 0. The Morgan fingerprint density at radius 3 is 2.46 bits per heavy atom. The van der Waals surface area contributed by atoms with Gasteiger partial charge in [0.05, 0.1) is 20.3 Å². The van der Waals surface area contributed by atoms with Crippen molar-refractivity contribution in [2.45, 2.75) is 18.2 Å². The summed E-state index contributed by atoms with van der Waals surface area (Å²) < 4.78 is 8.70. The Hall–Kier alpha value is -1.14. The smallest absolute Gasteiger partial charge is 0.336 e. The summed E-state index contributed by atoms with van der Waals surface area (Å²) in [6, 6.07) is -1.18. The predicted octanol–water partition coefficient (Wildman–Crippen LogP) is -1.97. The van der Waals surface area contributed by atoms with E-state index in [2.05, 4.69) is 14.8 Å². The molecule has 1 heterocycles. The molecule has 1 saturated heterocycles. The molecule has 0 aromatic rings. The Morgan fingerprint density at radius 1 is 1.38 bits per heavy atom. The summed E-state index contributed by atoms with van der Waals surface area (Å²) in [5.41, 5.74) is 0. The highest BCUT2D eigenvalue weighted by Crippen LogP contribution is 2.17. The van der Waals surface area contributed by atoms with E-state index in [0.717, 1.165) is 0 Å². The quantitative estimate of drug-likeness (QED) is 0.395. The molecule has 0 radical (unpaired) electrons. The van der Waals surface area contributed by atoms with Gasteiger partial charge in [0.25, 0.3) is 0 Å². The largest absolute Gasteiger partial charge is 0.468 e. The van der Waals surface area contributed by atoms with Crippen LogP contribution >= 0.6 is 0 Å². The normalized spacial score (nSPS) is 27.6. The molecule has 0 bridgehead atoms. The third kappa shape index (κ3) is 1.96. The predicted molar refractivity (Wildman–Crippen MR) is 40.8 cm³/mol. The highest BCUT2D eigenvalue weighted by molar-refractivity contribution is 5.84. The number of methoxy groups -OCH3 is 2. The Balaban J connectivity index is 2.42. The van der Waals surface area contributed by atoms with E-state index in [-0.39, 0.29) is 0 Å². The van der Waals surface area contributed by atoms with Crippen LogP contribution in [0, 0.1) is 0 Å². The lowest BCUT2D eigenvalue weighted by Crippen LogP contribution is -2.31. The van der Waals surface area contributed by atoms with Gasteiger partial charge in [-0.25, -0.2) is 4.79 Å². The molecule has 3 atom stereocenters. The lowest BCUT2D eigenvalue weighted by Gasteiger charge is -2.04. The van der Waals surface area contributed by atoms with Gasteiger partial charge in [0.2, 0.25) is 0 Å². The number of carbonyl (C=O) groups excluding carboxylic acids is 2. The molecule has 0 saturated carbocycles. The average molecular weight is 189 g/mol. The molecule has 0 aromatic carbocycles. The van der Waals surface area contributed by atoms with Crippen LogP contribution in [0.4, 0.5) is 0 Å². The second kappa shape index (κ2) is 3.71. The number of aliphatic hydroxyl groups excluding tert-OH is 1. The van der Waals surface area contributed by atoms with Crippen LogP contribution in [0.1, 0.15) is 0 Å². The fourth-order valence-corrected chi connectivity index (χ4v) is 1.03. The average Bonchev–Trinajstić information content (AvgIpc) is 2.93. The summed E-state index contributed by atoms with van der Waals surface area (Å²) in [4.78, 5) is 21.6. The van der Waals surface area contributed by atoms with Crippen molar-refractivity contribution in [3.63, 3.8) is 0 Å². The minimum Gasteiger partial charge on any atom is -0.468 e. The van der Waals surface area contributed by atoms with Crippen LogP contribution in [0.3, 0.4) is 0 Å². The number of hydrogen-bond donors (Lipinski definition) is 2. The van der Waals surface area contributed by atoms with E-state index >= 15 is 0 Å². The second-order valence-corrected chi connectivity index (χ2v) is 2.66. The molecular formula is C7H11NO5. The van der Waals surface area contributed by atoms with Gasteiger partial charge in [-0.15, -0.1) is 0 Å². The number of carbonyl (C=O) groups is 2. The molecule has 1 rings (SSSR count). The maximum absolute atomic E-state index is 10.9. The molecule has 13 heavy (non-hydrogen) atoms.